The van der Waals surface area contributed by atoms with Gasteiger partial charge in [0.1, 0.15) is 5.82 Å². The number of halogens is 1. The van der Waals surface area contributed by atoms with E-state index in [2.05, 4.69) is 6.92 Å². The third-order valence-electron chi connectivity index (χ3n) is 7.14. The molecule has 0 spiro atoms. The number of carbonyl (C=O) groups excluding carboxylic acids is 1. The summed E-state index contributed by atoms with van der Waals surface area (Å²) >= 11 is 0. The summed E-state index contributed by atoms with van der Waals surface area (Å²) < 4.78 is 14.1. The molecule has 0 saturated heterocycles. The van der Waals surface area contributed by atoms with E-state index in [1.54, 1.807) is 12.1 Å². The van der Waals surface area contributed by atoms with E-state index >= 15 is 0 Å². The van der Waals surface area contributed by atoms with Gasteiger partial charge in [0.25, 0.3) is 0 Å². The summed E-state index contributed by atoms with van der Waals surface area (Å²) in [5, 5.41) is 0. The van der Waals surface area contributed by atoms with Gasteiger partial charge in [-0.1, -0.05) is 45.1 Å². The lowest BCUT2D eigenvalue weighted by Crippen LogP contribution is -2.25. The van der Waals surface area contributed by atoms with Gasteiger partial charge < -0.3 is 0 Å². The average molecular weight is 359 g/mol. The van der Waals surface area contributed by atoms with Gasteiger partial charge in [-0.3, -0.25) is 4.79 Å². The van der Waals surface area contributed by atoms with E-state index in [1.807, 2.05) is 6.07 Å². The smallest absolute Gasteiger partial charge is 0.162 e. The van der Waals surface area contributed by atoms with Crippen molar-refractivity contribution in [3.05, 3.63) is 35.1 Å². The first-order valence-electron chi connectivity index (χ1n) is 10.9. The molecule has 2 saturated carbocycles. The summed E-state index contributed by atoms with van der Waals surface area (Å²) in [7, 11) is 0. The molecule has 1 nitrogen and oxygen atoms in total. The molecule has 0 atom stereocenters. The van der Waals surface area contributed by atoms with Crippen molar-refractivity contribution in [1.29, 1.82) is 0 Å². The van der Waals surface area contributed by atoms with E-state index in [-0.39, 0.29) is 17.2 Å². The van der Waals surface area contributed by atoms with Crippen molar-refractivity contribution in [1.82, 2.24) is 0 Å². The van der Waals surface area contributed by atoms with Gasteiger partial charge in [0.05, 0.1) is 5.56 Å². The molecule has 0 aliphatic heterocycles. The third kappa shape index (κ3) is 4.75. The van der Waals surface area contributed by atoms with Crippen LogP contribution in [0.3, 0.4) is 0 Å². The van der Waals surface area contributed by atoms with Gasteiger partial charge >= 0.3 is 0 Å². The van der Waals surface area contributed by atoms with Crippen LogP contribution in [0.15, 0.2) is 18.2 Å². The van der Waals surface area contributed by atoms with Crippen molar-refractivity contribution in [2.75, 3.05) is 0 Å². The van der Waals surface area contributed by atoms with Crippen LogP contribution in [0.2, 0.25) is 0 Å². The Kier molecular flexibility index (Phi) is 6.89. The Morgan fingerprint density at radius 2 is 1.62 bits per heavy atom. The molecular formula is C24H35FO. The molecule has 2 fully saturated rings. The predicted octanol–water partition coefficient (Wildman–Crippen LogP) is 7.30. The summed E-state index contributed by atoms with van der Waals surface area (Å²) in [6.07, 6.45) is 14.9. The number of Topliss-reactive ketones (excluding diaryl/α,β-unsaturated/α-hetero) is 1. The maximum absolute atomic E-state index is 14.1. The Balaban J connectivity index is 1.49. The zero-order valence-corrected chi connectivity index (χ0v) is 16.6. The molecule has 3 rings (SSSR count). The van der Waals surface area contributed by atoms with Crippen LogP contribution in [0.25, 0.3) is 0 Å². The number of ketones is 1. The van der Waals surface area contributed by atoms with Crippen molar-refractivity contribution in [3.63, 3.8) is 0 Å². The highest BCUT2D eigenvalue weighted by atomic mass is 19.1. The van der Waals surface area contributed by atoms with E-state index in [4.69, 9.17) is 0 Å². The highest BCUT2D eigenvalue weighted by Gasteiger charge is 2.31. The van der Waals surface area contributed by atoms with Gasteiger partial charge in [0.15, 0.2) is 5.78 Å². The van der Waals surface area contributed by atoms with Crippen LogP contribution >= 0.6 is 0 Å². The lowest BCUT2D eigenvalue weighted by Gasteiger charge is -2.38. The quantitative estimate of drug-likeness (QED) is 0.488. The van der Waals surface area contributed by atoms with Gasteiger partial charge in [-0.05, 0) is 86.8 Å². The highest BCUT2D eigenvalue weighted by Crippen LogP contribution is 2.44. The first-order valence-corrected chi connectivity index (χ1v) is 10.9. The second-order valence-electron chi connectivity index (χ2n) is 8.83. The minimum atomic E-state index is -0.345. The molecule has 2 aliphatic rings. The second kappa shape index (κ2) is 9.15. The fraction of sp³-hybridized carbons (Fsp3) is 0.708. The van der Waals surface area contributed by atoms with Gasteiger partial charge in [0.2, 0.25) is 0 Å². The Morgan fingerprint density at radius 1 is 1.00 bits per heavy atom. The lowest BCUT2D eigenvalue weighted by atomic mass is 9.68. The Labute approximate surface area is 158 Å². The minimum Gasteiger partial charge on any atom is -0.294 e. The molecule has 0 radical (unpaired) electrons. The molecule has 0 amide bonds. The standard InChI is InChI=1S/C24H35FO/c1-3-4-5-18-6-8-19(9-7-18)20-10-12-21(13-11-20)22-14-15-23(17(2)26)24(25)16-22/h14-16,18-21H,3-13H2,1-2H3. The Bertz CT molecular complexity index is 592. The van der Waals surface area contributed by atoms with E-state index in [1.165, 1.54) is 77.6 Å². The van der Waals surface area contributed by atoms with Crippen molar-refractivity contribution in [2.24, 2.45) is 17.8 Å². The Hall–Kier alpha value is -1.18. The van der Waals surface area contributed by atoms with Crippen LogP contribution in [0.4, 0.5) is 4.39 Å². The van der Waals surface area contributed by atoms with Crippen LogP contribution in [-0.4, -0.2) is 5.78 Å². The summed E-state index contributed by atoms with van der Waals surface area (Å²) in [6.45, 7) is 3.73. The van der Waals surface area contributed by atoms with Crippen LogP contribution in [-0.2, 0) is 0 Å². The first kappa shape index (κ1) is 19.6. The van der Waals surface area contributed by atoms with Crippen LogP contribution < -0.4 is 0 Å². The maximum Gasteiger partial charge on any atom is 0.162 e. The highest BCUT2D eigenvalue weighted by molar-refractivity contribution is 5.94. The van der Waals surface area contributed by atoms with Gasteiger partial charge in [-0.25, -0.2) is 4.39 Å². The van der Waals surface area contributed by atoms with E-state index in [0.717, 1.165) is 23.3 Å². The molecule has 26 heavy (non-hydrogen) atoms. The lowest BCUT2D eigenvalue weighted by molar-refractivity contribution is 0.101. The van der Waals surface area contributed by atoms with E-state index in [9.17, 15) is 9.18 Å². The van der Waals surface area contributed by atoms with Crippen molar-refractivity contribution < 1.29 is 9.18 Å². The summed E-state index contributed by atoms with van der Waals surface area (Å²) in [5.41, 5.74) is 1.32. The van der Waals surface area contributed by atoms with Crippen molar-refractivity contribution >= 4 is 5.78 Å². The summed E-state index contributed by atoms with van der Waals surface area (Å²) in [6, 6.07) is 5.26. The molecule has 144 valence electrons. The number of hydrogen-bond acceptors (Lipinski definition) is 1. The molecule has 2 heteroatoms. The molecule has 2 aliphatic carbocycles. The monoisotopic (exact) mass is 358 g/mol. The number of unbranched alkanes of at least 4 members (excludes halogenated alkanes) is 1. The first-order chi connectivity index (χ1) is 12.6. The molecule has 1 aromatic rings. The van der Waals surface area contributed by atoms with Gasteiger partial charge in [0, 0.05) is 0 Å². The Morgan fingerprint density at radius 3 is 2.15 bits per heavy atom. The number of hydrogen-bond donors (Lipinski definition) is 0. The maximum atomic E-state index is 14.1. The zero-order chi connectivity index (χ0) is 18.5. The third-order valence-corrected chi connectivity index (χ3v) is 7.14. The number of rotatable bonds is 6. The van der Waals surface area contributed by atoms with E-state index in [0.29, 0.717) is 5.92 Å². The number of benzene rings is 1. The van der Waals surface area contributed by atoms with Crippen LogP contribution in [0, 0.1) is 23.6 Å². The van der Waals surface area contributed by atoms with Crippen LogP contribution in [0.5, 0.6) is 0 Å². The molecule has 0 bridgehead atoms. The molecule has 1 aromatic carbocycles. The normalized spacial score (nSPS) is 29.5. The molecular weight excluding hydrogens is 323 g/mol. The van der Waals surface area contributed by atoms with Crippen molar-refractivity contribution in [3.8, 4) is 0 Å². The fourth-order valence-electron chi connectivity index (χ4n) is 5.44. The SMILES string of the molecule is CCCCC1CCC(C2CCC(c3ccc(C(C)=O)c(F)c3)CC2)CC1. The van der Waals surface area contributed by atoms with Gasteiger partial charge in [-0.15, -0.1) is 0 Å². The van der Waals surface area contributed by atoms with Crippen molar-refractivity contribution in [2.45, 2.75) is 90.4 Å². The summed E-state index contributed by atoms with van der Waals surface area (Å²) in [4.78, 5) is 11.4. The van der Waals surface area contributed by atoms with Crippen LogP contribution in [0.1, 0.15) is 106 Å². The zero-order valence-electron chi connectivity index (χ0n) is 16.6. The number of carbonyl (C=O) groups is 1. The molecule has 0 heterocycles. The van der Waals surface area contributed by atoms with Gasteiger partial charge in [-0.2, -0.15) is 0 Å². The second-order valence-corrected chi connectivity index (χ2v) is 8.83. The molecule has 0 aromatic heterocycles. The minimum absolute atomic E-state index is 0.188. The van der Waals surface area contributed by atoms with E-state index < -0.39 is 0 Å². The summed E-state index contributed by atoms with van der Waals surface area (Å²) in [5.74, 6) is 2.76. The topological polar surface area (TPSA) is 17.1 Å². The molecule has 0 unspecified atom stereocenters. The fourth-order valence-corrected chi connectivity index (χ4v) is 5.44. The predicted molar refractivity (Wildman–Crippen MR) is 106 cm³/mol. The largest absolute Gasteiger partial charge is 0.294 e. The molecule has 0 N–H and O–H groups in total. The average Bonchev–Trinajstić information content (AvgIpc) is 2.66.